The van der Waals surface area contributed by atoms with E-state index in [-0.39, 0.29) is 5.91 Å². The molecule has 0 spiro atoms. The molecule has 0 unspecified atom stereocenters. The molecule has 14 heavy (non-hydrogen) atoms. The quantitative estimate of drug-likeness (QED) is 0.519. The number of hydrogen-bond donors (Lipinski definition) is 0. The molecule has 1 amide bonds. The zero-order chi connectivity index (χ0) is 9.97. The number of rotatable bonds is 1. The highest BCUT2D eigenvalue weighted by molar-refractivity contribution is 7.78. The number of benzene rings is 1. The van der Waals surface area contributed by atoms with Gasteiger partial charge in [-0.25, -0.2) is 0 Å². The summed E-state index contributed by atoms with van der Waals surface area (Å²) < 4.78 is 5.32. The van der Waals surface area contributed by atoms with Gasteiger partial charge in [-0.3, -0.25) is 4.79 Å². The van der Waals surface area contributed by atoms with E-state index >= 15 is 0 Å². The third-order valence-corrected chi connectivity index (χ3v) is 2.17. The van der Waals surface area contributed by atoms with E-state index in [2.05, 4.69) is 22.4 Å². The highest BCUT2D eigenvalue weighted by Gasteiger charge is 2.14. The summed E-state index contributed by atoms with van der Waals surface area (Å²) >= 11 is 4.37. The minimum absolute atomic E-state index is 0.352. The Kier molecular flexibility index (Phi) is 2.39. The Labute approximate surface area is 86.4 Å². The normalized spacial score (nSPS) is 12.6. The molecule has 0 atom stereocenters. The second kappa shape index (κ2) is 3.70. The van der Waals surface area contributed by atoms with Gasteiger partial charge in [0.2, 0.25) is 0 Å². The van der Waals surface area contributed by atoms with E-state index < -0.39 is 0 Å². The maximum Gasteiger partial charge on any atom is 0.285 e. The van der Waals surface area contributed by atoms with Crippen LogP contribution in [0.1, 0.15) is 15.9 Å². The summed E-state index contributed by atoms with van der Waals surface area (Å²) in [6.45, 7) is 0.684. The van der Waals surface area contributed by atoms with Crippen LogP contribution in [0.2, 0.25) is 0 Å². The van der Waals surface area contributed by atoms with Crippen molar-refractivity contribution in [3.05, 3.63) is 29.3 Å². The minimum Gasteiger partial charge on any atom is -0.493 e. The number of hydrogen-bond acceptors (Lipinski definition) is 3. The number of nitrogens with zero attached hydrogens (tertiary/aromatic N) is 1. The first-order valence-corrected chi connectivity index (χ1v) is 4.60. The highest BCUT2D eigenvalue weighted by Crippen LogP contribution is 2.25. The average molecular weight is 205 g/mol. The van der Waals surface area contributed by atoms with E-state index in [1.54, 1.807) is 18.2 Å². The predicted molar refractivity (Wildman–Crippen MR) is 55.0 cm³/mol. The summed E-state index contributed by atoms with van der Waals surface area (Å²) in [6, 6.07) is 5.26. The molecule has 1 heterocycles. The van der Waals surface area contributed by atoms with Crippen molar-refractivity contribution in [2.45, 2.75) is 6.42 Å². The molecule has 1 aromatic rings. The average Bonchev–Trinajstić information content (AvgIpc) is 2.64. The Balaban J connectivity index is 2.37. The van der Waals surface area contributed by atoms with Crippen LogP contribution < -0.4 is 4.74 Å². The van der Waals surface area contributed by atoms with Crippen molar-refractivity contribution in [2.75, 3.05) is 6.61 Å². The summed E-state index contributed by atoms with van der Waals surface area (Å²) in [5.74, 6) is 0.502. The molecular formula is C10H7NO2S. The van der Waals surface area contributed by atoms with Crippen molar-refractivity contribution < 1.29 is 9.53 Å². The number of aliphatic imine (C=N–C) groups is 1. The van der Waals surface area contributed by atoms with Crippen LogP contribution in [0.25, 0.3) is 0 Å². The van der Waals surface area contributed by atoms with E-state index in [0.29, 0.717) is 12.2 Å². The molecule has 0 N–H and O–H groups in total. The molecule has 4 heteroatoms. The van der Waals surface area contributed by atoms with Gasteiger partial charge in [0, 0.05) is 12.0 Å². The summed E-state index contributed by atoms with van der Waals surface area (Å²) in [5, 5.41) is 2.06. The van der Waals surface area contributed by atoms with Crippen LogP contribution in [-0.2, 0) is 6.42 Å². The van der Waals surface area contributed by atoms with Gasteiger partial charge in [0.1, 0.15) is 5.75 Å². The van der Waals surface area contributed by atoms with Crippen LogP contribution in [0, 0.1) is 0 Å². The number of carbonyl (C=O) groups excluding carboxylic acids is 1. The van der Waals surface area contributed by atoms with Crippen LogP contribution in [0.4, 0.5) is 0 Å². The molecule has 1 aliphatic rings. The molecule has 1 aliphatic heterocycles. The maximum absolute atomic E-state index is 11.3. The second-order valence-corrected chi connectivity index (χ2v) is 3.11. The first kappa shape index (κ1) is 9.06. The van der Waals surface area contributed by atoms with Gasteiger partial charge in [-0.15, -0.1) is 0 Å². The van der Waals surface area contributed by atoms with E-state index in [1.165, 1.54) is 0 Å². The predicted octanol–water partition coefficient (Wildman–Crippen LogP) is 1.86. The first-order valence-electron chi connectivity index (χ1n) is 4.19. The summed E-state index contributed by atoms with van der Waals surface area (Å²) in [4.78, 5) is 14.7. The Morgan fingerprint density at radius 2 is 2.43 bits per heavy atom. The number of amides is 1. The van der Waals surface area contributed by atoms with Crippen LogP contribution in [0.3, 0.4) is 0 Å². The van der Waals surface area contributed by atoms with Crippen LogP contribution in [0.5, 0.6) is 5.75 Å². The molecular weight excluding hydrogens is 198 g/mol. The SMILES string of the molecule is O=C(N=C=S)c1ccc2c(c1)CCO2. The number of carbonyl (C=O) groups is 1. The molecule has 0 saturated heterocycles. The van der Waals surface area contributed by atoms with E-state index in [1.807, 2.05) is 0 Å². The molecule has 2 rings (SSSR count). The number of fused-ring (bicyclic) bond motifs is 1. The standard InChI is InChI=1S/C10H7NO2S/c12-10(11-6-14)8-1-2-9-7(5-8)3-4-13-9/h1-2,5H,3-4H2. The fourth-order valence-electron chi connectivity index (χ4n) is 1.43. The summed E-state index contributed by atoms with van der Waals surface area (Å²) in [6.07, 6.45) is 0.845. The molecule has 0 aromatic heterocycles. The lowest BCUT2D eigenvalue weighted by Crippen LogP contribution is -1.94. The van der Waals surface area contributed by atoms with Gasteiger partial charge in [-0.05, 0) is 36.0 Å². The number of isothiocyanates is 1. The van der Waals surface area contributed by atoms with Crippen LogP contribution >= 0.6 is 12.2 Å². The fourth-order valence-corrected chi connectivity index (χ4v) is 1.51. The van der Waals surface area contributed by atoms with Gasteiger partial charge in [-0.1, -0.05) is 0 Å². The van der Waals surface area contributed by atoms with Gasteiger partial charge < -0.3 is 4.74 Å². The largest absolute Gasteiger partial charge is 0.493 e. The first-order chi connectivity index (χ1) is 6.81. The van der Waals surface area contributed by atoms with E-state index in [0.717, 1.165) is 17.7 Å². The molecule has 0 radical (unpaired) electrons. The van der Waals surface area contributed by atoms with Crippen molar-refractivity contribution in [1.82, 2.24) is 0 Å². The second-order valence-electron chi connectivity index (χ2n) is 2.93. The number of ether oxygens (including phenoxy) is 1. The van der Waals surface area contributed by atoms with Crippen LogP contribution in [-0.4, -0.2) is 17.7 Å². The zero-order valence-electron chi connectivity index (χ0n) is 7.32. The van der Waals surface area contributed by atoms with Crippen molar-refractivity contribution in [1.29, 1.82) is 0 Å². The van der Waals surface area contributed by atoms with Crippen molar-refractivity contribution >= 4 is 23.3 Å². The molecule has 0 aliphatic carbocycles. The summed E-state index contributed by atoms with van der Waals surface area (Å²) in [7, 11) is 0. The molecule has 0 bridgehead atoms. The molecule has 70 valence electrons. The summed E-state index contributed by atoms with van der Waals surface area (Å²) in [5.41, 5.74) is 1.59. The number of thiocarbonyl (C=S) groups is 1. The Bertz CT molecular complexity index is 436. The zero-order valence-corrected chi connectivity index (χ0v) is 8.13. The van der Waals surface area contributed by atoms with Crippen molar-refractivity contribution in [3.63, 3.8) is 0 Å². The molecule has 1 aromatic carbocycles. The van der Waals surface area contributed by atoms with E-state index in [9.17, 15) is 4.79 Å². The Hall–Kier alpha value is -1.51. The van der Waals surface area contributed by atoms with Gasteiger partial charge in [0.05, 0.1) is 11.8 Å². The third-order valence-electron chi connectivity index (χ3n) is 2.08. The van der Waals surface area contributed by atoms with Crippen molar-refractivity contribution in [2.24, 2.45) is 4.99 Å². The Morgan fingerprint density at radius 1 is 1.57 bits per heavy atom. The lowest BCUT2D eigenvalue weighted by Gasteiger charge is -1.99. The molecule has 0 saturated carbocycles. The van der Waals surface area contributed by atoms with Crippen molar-refractivity contribution in [3.8, 4) is 5.75 Å². The fraction of sp³-hybridized carbons (Fsp3) is 0.200. The van der Waals surface area contributed by atoms with Gasteiger partial charge in [0.25, 0.3) is 5.91 Å². The molecule has 3 nitrogen and oxygen atoms in total. The maximum atomic E-state index is 11.3. The van der Waals surface area contributed by atoms with E-state index in [4.69, 9.17) is 4.74 Å². The molecule has 0 fully saturated rings. The van der Waals surface area contributed by atoms with Gasteiger partial charge in [-0.2, -0.15) is 4.99 Å². The van der Waals surface area contributed by atoms with Gasteiger partial charge in [0.15, 0.2) is 0 Å². The Morgan fingerprint density at radius 3 is 3.21 bits per heavy atom. The third kappa shape index (κ3) is 1.58. The highest BCUT2D eigenvalue weighted by atomic mass is 32.1. The lowest BCUT2D eigenvalue weighted by atomic mass is 10.1. The monoisotopic (exact) mass is 205 g/mol. The van der Waals surface area contributed by atoms with Gasteiger partial charge >= 0.3 is 0 Å². The minimum atomic E-state index is -0.352. The smallest absolute Gasteiger partial charge is 0.285 e. The topological polar surface area (TPSA) is 38.7 Å². The van der Waals surface area contributed by atoms with Crippen LogP contribution in [0.15, 0.2) is 23.2 Å². The lowest BCUT2D eigenvalue weighted by molar-refractivity contribution is 0.100.